The van der Waals surface area contributed by atoms with Crippen LogP contribution in [0.3, 0.4) is 0 Å². The van der Waals surface area contributed by atoms with E-state index >= 15 is 0 Å². The van der Waals surface area contributed by atoms with Crippen LogP contribution in [-0.4, -0.2) is 25.9 Å². The van der Waals surface area contributed by atoms with E-state index in [-0.39, 0.29) is 6.04 Å². The molecule has 2 rings (SSSR count). The maximum absolute atomic E-state index is 9.78. The van der Waals surface area contributed by atoms with Gasteiger partial charge in [0.2, 0.25) is 0 Å². The van der Waals surface area contributed by atoms with Crippen molar-refractivity contribution in [2.45, 2.75) is 42.5 Å². The first-order valence-corrected chi connectivity index (χ1v) is 6.44. The van der Waals surface area contributed by atoms with Crippen molar-refractivity contribution >= 4 is 23.3 Å². The van der Waals surface area contributed by atoms with Crippen LogP contribution in [0.2, 0.25) is 0 Å². The fraction of sp³-hybridized carbons (Fsp3) is 0.750. The molecule has 4 nitrogen and oxygen atoms in total. The Morgan fingerprint density at radius 2 is 2.21 bits per heavy atom. The SMILES string of the molecule is ON(Sc1nncs1)C1CCCCC1. The third-order valence-electron chi connectivity index (χ3n) is 2.40. The molecule has 1 saturated carbocycles. The lowest BCUT2D eigenvalue weighted by atomic mass is 9.96. The van der Waals surface area contributed by atoms with E-state index in [1.165, 1.54) is 47.0 Å². The molecule has 0 aliphatic heterocycles. The lowest BCUT2D eigenvalue weighted by Crippen LogP contribution is -2.28. The summed E-state index contributed by atoms with van der Waals surface area (Å²) in [7, 11) is 0. The predicted octanol–water partition coefficient (Wildman–Crippen LogP) is 2.57. The summed E-state index contributed by atoms with van der Waals surface area (Å²) in [5.74, 6) is 0. The molecule has 1 aliphatic carbocycles. The Morgan fingerprint density at radius 1 is 1.43 bits per heavy atom. The monoisotopic (exact) mass is 231 g/mol. The van der Waals surface area contributed by atoms with E-state index in [0.717, 1.165) is 17.2 Å². The molecule has 6 heteroatoms. The number of nitrogens with zero attached hydrogens (tertiary/aromatic N) is 3. The molecular formula is C8H13N3OS2. The molecular weight excluding hydrogens is 218 g/mol. The van der Waals surface area contributed by atoms with E-state index in [9.17, 15) is 5.21 Å². The van der Waals surface area contributed by atoms with Gasteiger partial charge in [0.05, 0.1) is 0 Å². The second-order valence-electron chi connectivity index (χ2n) is 3.39. The number of hydroxylamine groups is 1. The third kappa shape index (κ3) is 2.66. The van der Waals surface area contributed by atoms with Gasteiger partial charge in [-0.05, 0) is 12.8 Å². The highest BCUT2D eigenvalue weighted by Crippen LogP contribution is 2.30. The maximum Gasteiger partial charge on any atom is 0.191 e. The second-order valence-corrected chi connectivity index (χ2v) is 5.43. The molecule has 1 aromatic heterocycles. The zero-order valence-electron chi connectivity index (χ0n) is 7.80. The normalized spacial score (nSPS) is 19.0. The number of aromatic nitrogens is 2. The zero-order chi connectivity index (χ0) is 9.80. The first-order chi connectivity index (χ1) is 6.86. The van der Waals surface area contributed by atoms with Crippen molar-refractivity contribution < 1.29 is 5.21 Å². The smallest absolute Gasteiger partial charge is 0.191 e. The Kier molecular flexibility index (Phi) is 3.74. The zero-order valence-corrected chi connectivity index (χ0v) is 9.43. The molecule has 0 atom stereocenters. The van der Waals surface area contributed by atoms with Gasteiger partial charge in [-0.2, -0.15) is 0 Å². The van der Waals surface area contributed by atoms with Crippen molar-refractivity contribution in [1.82, 2.24) is 14.7 Å². The van der Waals surface area contributed by atoms with Gasteiger partial charge in [-0.25, -0.2) is 0 Å². The standard InChI is InChI=1S/C8H13N3OS2/c12-11(7-4-2-1-3-5-7)14-8-10-9-6-13-8/h6-7,12H,1-5H2. The van der Waals surface area contributed by atoms with Crippen LogP contribution in [0.5, 0.6) is 0 Å². The topological polar surface area (TPSA) is 49.2 Å². The van der Waals surface area contributed by atoms with E-state index in [2.05, 4.69) is 10.2 Å². The van der Waals surface area contributed by atoms with E-state index in [4.69, 9.17) is 0 Å². The molecule has 0 radical (unpaired) electrons. The quantitative estimate of drug-likeness (QED) is 0.640. The maximum atomic E-state index is 9.78. The van der Waals surface area contributed by atoms with Crippen molar-refractivity contribution in [3.8, 4) is 0 Å². The molecule has 78 valence electrons. The average Bonchev–Trinajstić information content (AvgIpc) is 2.72. The first-order valence-electron chi connectivity index (χ1n) is 4.78. The summed E-state index contributed by atoms with van der Waals surface area (Å²) in [6.07, 6.45) is 5.91. The van der Waals surface area contributed by atoms with Crippen molar-refractivity contribution in [2.24, 2.45) is 0 Å². The lowest BCUT2D eigenvalue weighted by Gasteiger charge is -2.27. The molecule has 1 aliphatic rings. The fourth-order valence-corrected chi connectivity index (χ4v) is 3.07. The van der Waals surface area contributed by atoms with Crippen molar-refractivity contribution in [1.29, 1.82) is 0 Å². The lowest BCUT2D eigenvalue weighted by molar-refractivity contribution is -0.0348. The van der Waals surface area contributed by atoms with Crippen LogP contribution in [-0.2, 0) is 0 Å². The van der Waals surface area contributed by atoms with E-state index in [0.29, 0.717) is 0 Å². The Hall–Kier alpha value is -0.170. The number of hydrogen-bond donors (Lipinski definition) is 1. The Bertz CT molecular complexity index is 262. The summed E-state index contributed by atoms with van der Waals surface area (Å²) < 4.78 is 2.15. The fourth-order valence-electron chi connectivity index (χ4n) is 1.66. The van der Waals surface area contributed by atoms with Crippen LogP contribution in [0.25, 0.3) is 0 Å². The van der Waals surface area contributed by atoms with Crippen molar-refractivity contribution in [3.63, 3.8) is 0 Å². The first kappa shape index (κ1) is 10.4. The summed E-state index contributed by atoms with van der Waals surface area (Å²) in [5.41, 5.74) is 1.68. The molecule has 0 unspecified atom stereocenters. The van der Waals surface area contributed by atoms with E-state index in [1.54, 1.807) is 5.51 Å². The summed E-state index contributed by atoms with van der Waals surface area (Å²) in [6.45, 7) is 0. The van der Waals surface area contributed by atoms with Crippen LogP contribution in [0.4, 0.5) is 0 Å². The number of hydrogen-bond acceptors (Lipinski definition) is 6. The Morgan fingerprint density at radius 3 is 2.86 bits per heavy atom. The summed E-state index contributed by atoms with van der Waals surface area (Å²) >= 11 is 2.74. The van der Waals surface area contributed by atoms with Crippen LogP contribution in [0.15, 0.2) is 9.85 Å². The van der Waals surface area contributed by atoms with E-state index in [1.807, 2.05) is 0 Å². The Labute approximate surface area is 91.4 Å². The highest BCUT2D eigenvalue weighted by molar-refractivity contribution is 7.98. The largest absolute Gasteiger partial charge is 0.303 e. The van der Waals surface area contributed by atoms with Gasteiger partial charge in [-0.1, -0.05) is 30.6 Å². The molecule has 1 heterocycles. The summed E-state index contributed by atoms with van der Waals surface area (Å²) in [5, 5.41) is 17.4. The van der Waals surface area contributed by atoms with Gasteiger partial charge in [0.25, 0.3) is 0 Å². The molecule has 14 heavy (non-hydrogen) atoms. The van der Waals surface area contributed by atoms with Gasteiger partial charge < -0.3 is 5.21 Å². The minimum Gasteiger partial charge on any atom is -0.303 e. The van der Waals surface area contributed by atoms with Gasteiger partial charge in [0.1, 0.15) is 5.51 Å². The van der Waals surface area contributed by atoms with Crippen LogP contribution >= 0.6 is 23.3 Å². The molecule has 1 fully saturated rings. The second kappa shape index (κ2) is 5.06. The molecule has 0 spiro atoms. The van der Waals surface area contributed by atoms with Crippen molar-refractivity contribution in [2.75, 3.05) is 0 Å². The minimum atomic E-state index is 0.289. The predicted molar refractivity (Wildman–Crippen MR) is 56.3 cm³/mol. The average molecular weight is 231 g/mol. The molecule has 0 aromatic carbocycles. The van der Waals surface area contributed by atoms with E-state index < -0.39 is 0 Å². The molecule has 1 aromatic rings. The van der Waals surface area contributed by atoms with Crippen LogP contribution in [0, 0.1) is 0 Å². The summed E-state index contributed by atoms with van der Waals surface area (Å²) in [4.78, 5) is 0. The van der Waals surface area contributed by atoms with Gasteiger partial charge in [0.15, 0.2) is 4.34 Å². The molecule has 1 N–H and O–H groups in total. The van der Waals surface area contributed by atoms with Gasteiger partial charge >= 0.3 is 0 Å². The van der Waals surface area contributed by atoms with Crippen LogP contribution < -0.4 is 0 Å². The van der Waals surface area contributed by atoms with Gasteiger partial charge in [0, 0.05) is 18.0 Å². The highest BCUT2D eigenvalue weighted by Gasteiger charge is 2.21. The third-order valence-corrected chi connectivity index (χ3v) is 4.12. The highest BCUT2D eigenvalue weighted by atomic mass is 32.2. The molecule has 0 bridgehead atoms. The molecule has 0 amide bonds. The number of rotatable bonds is 3. The van der Waals surface area contributed by atoms with Gasteiger partial charge in [-0.3, -0.25) is 0 Å². The van der Waals surface area contributed by atoms with Gasteiger partial charge in [-0.15, -0.1) is 14.7 Å². The minimum absolute atomic E-state index is 0.289. The molecule has 0 saturated heterocycles. The van der Waals surface area contributed by atoms with Crippen molar-refractivity contribution in [3.05, 3.63) is 5.51 Å². The summed E-state index contributed by atoms with van der Waals surface area (Å²) in [6, 6.07) is 0.289. The Balaban J connectivity index is 1.85. The van der Waals surface area contributed by atoms with Crippen LogP contribution in [0.1, 0.15) is 32.1 Å².